The molecule has 0 spiro atoms. The fraction of sp³-hybridized carbons (Fsp3) is 0.500. The predicted molar refractivity (Wildman–Crippen MR) is 94.7 cm³/mol. The zero-order valence-corrected chi connectivity index (χ0v) is 14.1. The van der Waals surface area contributed by atoms with Gasteiger partial charge in [-0.2, -0.15) is 5.10 Å². The molecule has 1 aliphatic heterocycles. The van der Waals surface area contributed by atoms with Gasteiger partial charge in [-0.3, -0.25) is 0 Å². The van der Waals surface area contributed by atoms with Gasteiger partial charge in [0.1, 0.15) is 5.82 Å². The molecule has 0 saturated carbocycles. The average Bonchev–Trinajstić information content (AvgIpc) is 3.02. The SMILES string of the molecule is CN(C)[C@H](CNC[C@@H]1CNc2ccnn2C1)Cc1ccccc1. The third-order valence-electron chi connectivity index (χ3n) is 4.58. The molecule has 0 fully saturated rings. The van der Waals surface area contributed by atoms with Gasteiger partial charge in [-0.25, -0.2) is 4.68 Å². The predicted octanol–water partition coefficient (Wildman–Crippen LogP) is 1.69. The van der Waals surface area contributed by atoms with Crippen molar-refractivity contribution in [2.45, 2.75) is 19.0 Å². The second-order valence-electron chi connectivity index (χ2n) is 6.61. The van der Waals surface area contributed by atoms with Crippen molar-refractivity contribution in [2.75, 3.05) is 39.0 Å². The lowest BCUT2D eigenvalue weighted by Crippen LogP contribution is -2.43. The number of fused-ring (bicyclic) bond motifs is 1. The van der Waals surface area contributed by atoms with E-state index in [-0.39, 0.29) is 0 Å². The number of nitrogens with one attached hydrogen (secondary N) is 2. The number of hydrogen-bond acceptors (Lipinski definition) is 4. The number of benzene rings is 1. The number of aromatic nitrogens is 2. The zero-order chi connectivity index (χ0) is 16.1. The highest BCUT2D eigenvalue weighted by Crippen LogP contribution is 2.15. The Morgan fingerprint density at radius 2 is 2.13 bits per heavy atom. The molecule has 0 bridgehead atoms. The molecule has 1 aliphatic rings. The van der Waals surface area contributed by atoms with E-state index in [4.69, 9.17) is 0 Å². The van der Waals surface area contributed by atoms with Crippen molar-refractivity contribution in [2.24, 2.45) is 5.92 Å². The standard InChI is InChI=1S/C18H27N5/c1-22(2)17(10-15-6-4-3-5-7-15)13-19-11-16-12-20-18-8-9-21-23(18)14-16/h3-9,16-17,19-20H,10-14H2,1-2H3/t16-,17+/m1/s1. The van der Waals surface area contributed by atoms with Crippen molar-refractivity contribution < 1.29 is 0 Å². The number of anilines is 1. The minimum absolute atomic E-state index is 0.509. The van der Waals surface area contributed by atoms with Gasteiger partial charge in [-0.05, 0) is 26.1 Å². The molecule has 0 amide bonds. The second kappa shape index (κ2) is 7.62. The van der Waals surface area contributed by atoms with E-state index >= 15 is 0 Å². The van der Waals surface area contributed by atoms with E-state index in [1.807, 2.05) is 12.3 Å². The number of likely N-dealkylation sites (N-methyl/N-ethyl adjacent to an activating group) is 1. The molecule has 124 valence electrons. The third-order valence-corrected chi connectivity index (χ3v) is 4.58. The highest BCUT2D eigenvalue weighted by atomic mass is 15.3. The van der Waals surface area contributed by atoms with Crippen LogP contribution in [-0.4, -0.2) is 54.5 Å². The lowest BCUT2D eigenvalue weighted by molar-refractivity contribution is 0.273. The van der Waals surface area contributed by atoms with Crippen molar-refractivity contribution >= 4 is 5.82 Å². The van der Waals surface area contributed by atoms with Gasteiger partial charge < -0.3 is 15.5 Å². The molecule has 1 aromatic carbocycles. The minimum Gasteiger partial charge on any atom is -0.370 e. The maximum absolute atomic E-state index is 4.35. The quantitative estimate of drug-likeness (QED) is 0.816. The fourth-order valence-corrected chi connectivity index (χ4v) is 3.10. The maximum Gasteiger partial charge on any atom is 0.124 e. The smallest absolute Gasteiger partial charge is 0.124 e. The topological polar surface area (TPSA) is 45.1 Å². The van der Waals surface area contributed by atoms with E-state index in [9.17, 15) is 0 Å². The molecule has 0 unspecified atom stereocenters. The fourth-order valence-electron chi connectivity index (χ4n) is 3.10. The van der Waals surface area contributed by atoms with Gasteiger partial charge >= 0.3 is 0 Å². The molecule has 2 aromatic rings. The largest absolute Gasteiger partial charge is 0.370 e. The summed E-state index contributed by atoms with van der Waals surface area (Å²) in [6, 6.07) is 13.3. The molecule has 2 N–H and O–H groups in total. The molecular weight excluding hydrogens is 286 g/mol. The van der Waals surface area contributed by atoms with Gasteiger partial charge in [0.2, 0.25) is 0 Å². The first kappa shape index (κ1) is 16.0. The van der Waals surface area contributed by atoms with Gasteiger partial charge in [0.15, 0.2) is 0 Å². The molecule has 0 radical (unpaired) electrons. The monoisotopic (exact) mass is 313 g/mol. The van der Waals surface area contributed by atoms with Crippen LogP contribution in [0.25, 0.3) is 0 Å². The Bertz CT molecular complexity index is 592. The van der Waals surface area contributed by atoms with Crippen LogP contribution in [0.15, 0.2) is 42.6 Å². The highest BCUT2D eigenvalue weighted by Gasteiger charge is 2.19. The van der Waals surface area contributed by atoms with E-state index < -0.39 is 0 Å². The highest BCUT2D eigenvalue weighted by molar-refractivity contribution is 5.35. The summed E-state index contributed by atoms with van der Waals surface area (Å²) in [6.07, 6.45) is 2.94. The molecule has 1 aromatic heterocycles. The van der Waals surface area contributed by atoms with Crippen LogP contribution in [-0.2, 0) is 13.0 Å². The summed E-state index contributed by atoms with van der Waals surface area (Å²) in [5.41, 5.74) is 1.40. The molecule has 23 heavy (non-hydrogen) atoms. The average molecular weight is 313 g/mol. The molecule has 2 heterocycles. The van der Waals surface area contributed by atoms with E-state index in [1.54, 1.807) is 0 Å². The molecule has 2 atom stereocenters. The summed E-state index contributed by atoms with van der Waals surface area (Å²) in [4.78, 5) is 2.31. The summed E-state index contributed by atoms with van der Waals surface area (Å²) in [7, 11) is 4.32. The second-order valence-corrected chi connectivity index (χ2v) is 6.61. The Labute approximate surface area is 138 Å². The van der Waals surface area contributed by atoms with Crippen LogP contribution in [0.5, 0.6) is 0 Å². The van der Waals surface area contributed by atoms with Gasteiger partial charge in [-0.15, -0.1) is 0 Å². The first-order chi connectivity index (χ1) is 11.2. The van der Waals surface area contributed by atoms with E-state index in [1.165, 1.54) is 5.56 Å². The minimum atomic E-state index is 0.509. The van der Waals surface area contributed by atoms with Gasteiger partial charge in [-0.1, -0.05) is 30.3 Å². The summed E-state index contributed by atoms with van der Waals surface area (Å²) in [6.45, 7) is 4.04. The molecule has 0 aliphatic carbocycles. The van der Waals surface area contributed by atoms with Crippen LogP contribution in [0.3, 0.4) is 0 Å². The van der Waals surface area contributed by atoms with Crippen LogP contribution in [0.2, 0.25) is 0 Å². The van der Waals surface area contributed by atoms with Gasteiger partial charge in [0.05, 0.1) is 6.20 Å². The van der Waals surface area contributed by atoms with Crippen LogP contribution in [0.1, 0.15) is 5.56 Å². The lowest BCUT2D eigenvalue weighted by atomic mass is 10.0. The normalized spacial score (nSPS) is 18.5. The van der Waals surface area contributed by atoms with Crippen molar-refractivity contribution in [1.29, 1.82) is 0 Å². The Kier molecular flexibility index (Phi) is 5.31. The zero-order valence-electron chi connectivity index (χ0n) is 14.1. The molecule has 0 saturated heterocycles. The summed E-state index contributed by atoms with van der Waals surface area (Å²) < 4.78 is 2.06. The van der Waals surface area contributed by atoms with E-state index in [0.29, 0.717) is 12.0 Å². The number of hydrogen-bond donors (Lipinski definition) is 2. The summed E-state index contributed by atoms with van der Waals surface area (Å²) in [5, 5.41) is 11.5. The van der Waals surface area contributed by atoms with Crippen molar-refractivity contribution in [3.8, 4) is 0 Å². The van der Waals surface area contributed by atoms with Crippen LogP contribution in [0, 0.1) is 5.92 Å². The van der Waals surface area contributed by atoms with Crippen LogP contribution in [0.4, 0.5) is 5.82 Å². The Morgan fingerprint density at radius 1 is 1.30 bits per heavy atom. The summed E-state index contributed by atoms with van der Waals surface area (Å²) in [5.74, 6) is 1.72. The summed E-state index contributed by atoms with van der Waals surface area (Å²) >= 11 is 0. The van der Waals surface area contributed by atoms with Gasteiger partial charge in [0, 0.05) is 44.2 Å². The third kappa shape index (κ3) is 4.33. The van der Waals surface area contributed by atoms with Crippen LogP contribution < -0.4 is 10.6 Å². The van der Waals surface area contributed by atoms with E-state index in [2.05, 4.69) is 69.7 Å². The lowest BCUT2D eigenvalue weighted by Gasteiger charge is -2.28. The Morgan fingerprint density at radius 3 is 2.91 bits per heavy atom. The number of rotatable bonds is 7. The Balaban J connectivity index is 1.46. The first-order valence-electron chi connectivity index (χ1n) is 8.39. The Hall–Kier alpha value is -1.85. The van der Waals surface area contributed by atoms with E-state index in [0.717, 1.165) is 38.4 Å². The molecule has 5 nitrogen and oxygen atoms in total. The van der Waals surface area contributed by atoms with Crippen molar-refractivity contribution in [3.05, 3.63) is 48.2 Å². The molecular formula is C18H27N5. The van der Waals surface area contributed by atoms with Crippen molar-refractivity contribution in [3.63, 3.8) is 0 Å². The van der Waals surface area contributed by atoms with Crippen molar-refractivity contribution in [1.82, 2.24) is 20.0 Å². The first-order valence-corrected chi connectivity index (χ1v) is 8.39. The van der Waals surface area contributed by atoms with Crippen LogP contribution >= 0.6 is 0 Å². The number of nitrogens with zero attached hydrogens (tertiary/aromatic N) is 3. The maximum atomic E-state index is 4.35. The molecule has 3 rings (SSSR count). The molecule has 5 heteroatoms. The van der Waals surface area contributed by atoms with Gasteiger partial charge in [0.25, 0.3) is 0 Å².